The fraction of sp³-hybridized carbons (Fsp3) is 0. The van der Waals surface area contributed by atoms with Crippen LogP contribution >= 0.6 is 0 Å². The van der Waals surface area contributed by atoms with Crippen LogP contribution in [0.4, 0.5) is 11.4 Å². The van der Waals surface area contributed by atoms with Gasteiger partial charge in [0.1, 0.15) is 0 Å². The molecule has 0 atom stereocenters. The predicted molar refractivity (Wildman–Crippen MR) is 98.1 cm³/mol. The first-order valence-corrected chi connectivity index (χ1v) is 7.53. The van der Waals surface area contributed by atoms with Gasteiger partial charge >= 0.3 is 0 Å². The summed E-state index contributed by atoms with van der Waals surface area (Å²) in [5.74, 6) is -1.34. The normalized spacial score (nSPS) is 10.7. The number of nitrogens with one attached hydrogen (secondary N) is 2. The predicted octanol–water partition coefficient (Wildman–Crippen LogP) is 1.63. The molecule has 0 aliphatic carbocycles. The highest BCUT2D eigenvalue weighted by Gasteiger charge is 2.11. The Balaban J connectivity index is 1.86. The molecule has 2 aromatic carbocycles. The van der Waals surface area contributed by atoms with Gasteiger partial charge in [-0.2, -0.15) is 10.2 Å². The van der Waals surface area contributed by atoms with Crippen LogP contribution in [0.5, 0.6) is 0 Å². The Bertz CT molecular complexity index is 908. The number of nitro benzene ring substituents is 2. The Morgan fingerprint density at radius 2 is 1.18 bits per heavy atom. The summed E-state index contributed by atoms with van der Waals surface area (Å²) in [5, 5.41) is 28.4. The molecule has 12 heteroatoms. The van der Waals surface area contributed by atoms with E-state index in [0.717, 1.165) is 24.6 Å². The van der Waals surface area contributed by atoms with Crippen LogP contribution < -0.4 is 10.9 Å². The number of rotatable bonds is 7. The van der Waals surface area contributed by atoms with Crippen molar-refractivity contribution in [2.24, 2.45) is 10.2 Å². The van der Waals surface area contributed by atoms with E-state index in [0.29, 0.717) is 0 Å². The van der Waals surface area contributed by atoms with E-state index in [9.17, 15) is 29.8 Å². The molecule has 0 saturated carbocycles. The van der Waals surface area contributed by atoms with Crippen molar-refractivity contribution in [3.05, 3.63) is 79.9 Å². The van der Waals surface area contributed by atoms with Gasteiger partial charge in [0.25, 0.3) is 23.2 Å². The van der Waals surface area contributed by atoms with Gasteiger partial charge in [0.15, 0.2) is 0 Å². The quantitative estimate of drug-likeness (QED) is 0.417. The minimum Gasteiger partial charge on any atom is -0.267 e. The molecule has 0 radical (unpaired) electrons. The number of nitrogens with zero attached hydrogens (tertiary/aromatic N) is 4. The lowest BCUT2D eigenvalue weighted by Gasteiger charge is -1.99. The highest BCUT2D eigenvalue weighted by atomic mass is 16.6. The second-order valence-electron chi connectivity index (χ2n) is 5.05. The molecule has 0 aliphatic rings. The molecule has 0 bridgehead atoms. The molecule has 0 aromatic heterocycles. The van der Waals surface area contributed by atoms with E-state index in [1.807, 2.05) is 0 Å². The Hall–Kier alpha value is -4.48. The van der Waals surface area contributed by atoms with Crippen molar-refractivity contribution in [2.75, 3.05) is 0 Å². The second kappa shape index (κ2) is 9.28. The molecular formula is C16H12N6O6. The number of amides is 2. The zero-order chi connectivity index (χ0) is 20.5. The fourth-order valence-corrected chi connectivity index (χ4v) is 1.91. The van der Waals surface area contributed by atoms with E-state index in [1.54, 1.807) is 0 Å². The monoisotopic (exact) mass is 384 g/mol. The third-order valence-corrected chi connectivity index (χ3v) is 3.19. The van der Waals surface area contributed by atoms with Crippen LogP contribution in [0.2, 0.25) is 0 Å². The molecule has 0 fully saturated rings. The summed E-state index contributed by atoms with van der Waals surface area (Å²) >= 11 is 0. The average molecular weight is 384 g/mol. The van der Waals surface area contributed by atoms with Crippen LogP contribution in [-0.4, -0.2) is 34.1 Å². The Morgan fingerprint density at radius 1 is 0.786 bits per heavy atom. The summed E-state index contributed by atoms with van der Waals surface area (Å²) in [5.41, 5.74) is 3.89. The molecule has 0 unspecified atom stereocenters. The Labute approximate surface area is 156 Å². The van der Waals surface area contributed by atoms with E-state index in [4.69, 9.17) is 0 Å². The summed E-state index contributed by atoms with van der Waals surface area (Å²) in [4.78, 5) is 43.7. The van der Waals surface area contributed by atoms with Gasteiger partial charge < -0.3 is 0 Å². The van der Waals surface area contributed by atoms with Crippen molar-refractivity contribution in [3.8, 4) is 0 Å². The van der Waals surface area contributed by atoms with Crippen LogP contribution in [0, 0.1) is 20.2 Å². The summed E-state index contributed by atoms with van der Waals surface area (Å²) in [7, 11) is 0. The summed E-state index contributed by atoms with van der Waals surface area (Å²) in [6, 6.07) is 10.2. The minimum absolute atomic E-state index is 0.0438. The number of benzene rings is 2. The van der Waals surface area contributed by atoms with Gasteiger partial charge in [-0.25, -0.2) is 10.9 Å². The lowest BCUT2D eigenvalue weighted by atomic mass is 10.2. The molecule has 2 N–H and O–H groups in total. The molecule has 0 aliphatic heterocycles. The van der Waals surface area contributed by atoms with E-state index < -0.39 is 21.7 Å². The molecule has 0 heterocycles. The van der Waals surface area contributed by atoms with Gasteiger partial charge in [0.05, 0.1) is 22.3 Å². The van der Waals surface area contributed by atoms with Crippen molar-refractivity contribution >= 4 is 35.6 Å². The number of hydrogen-bond donors (Lipinski definition) is 2. The molecule has 2 amide bonds. The number of nitro groups is 2. The largest absolute Gasteiger partial charge is 0.271 e. The average Bonchev–Trinajstić information content (AvgIpc) is 2.70. The second-order valence-corrected chi connectivity index (χ2v) is 5.05. The molecule has 0 spiro atoms. The minimum atomic E-state index is -0.672. The van der Waals surface area contributed by atoms with Gasteiger partial charge in [-0.1, -0.05) is 12.1 Å². The number of non-ortho nitro benzene ring substituents is 2. The lowest BCUT2D eigenvalue weighted by molar-refractivity contribution is -0.385. The van der Waals surface area contributed by atoms with E-state index in [-0.39, 0.29) is 22.5 Å². The SMILES string of the molecule is O=C(NN=CC=NNC(=O)c1cccc([N+](=O)[O-])c1)c1cccc([N+](=O)[O-])c1. The van der Waals surface area contributed by atoms with Gasteiger partial charge in [-0.3, -0.25) is 29.8 Å². The Morgan fingerprint density at radius 3 is 1.54 bits per heavy atom. The van der Waals surface area contributed by atoms with Crippen molar-refractivity contribution < 1.29 is 19.4 Å². The topological polar surface area (TPSA) is 169 Å². The van der Waals surface area contributed by atoms with Crippen molar-refractivity contribution in [3.63, 3.8) is 0 Å². The van der Waals surface area contributed by atoms with Crippen LogP contribution in [0.3, 0.4) is 0 Å². The fourth-order valence-electron chi connectivity index (χ4n) is 1.91. The standard InChI is InChI=1S/C16H12N6O6/c23-15(11-3-1-5-13(9-11)21(25)26)19-17-7-8-18-20-16(24)12-4-2-6-14(10-12)22(27)28/h1-10H,(H,19,23)(H,20,24). The van der Waals surface area contributed by atoms with Gasteiger partial charge in [-0.15, -0.1) is 0 Å². The van der Waals surface area contributed by atoms with Crippen molar-refractivity contribution in [2.45, 2.75) is 0 Å². The third kappa shape index (κ3) is 5.52. The first kappa shape index (κ1) is 19.8. The van der Waals surface area contributed by atoms with E-state index >= 15 is 0 Å². The smallest absolute Gasteiger partial charge is 0.267 e. The number of carbonyl (C=O) groups excluding carboxylic acids is 2. The summed E-state index contributed by atoms with van der Waals surface area (Å²) in [6.45, 7) is 0. The van der Waals surface area contributed by atoms with Crippen LogP contribution in [0.25, 0.3) is 0 Å². The third-order valence-electron chi connectivity index (χ3n) is 3.19. The first-order valence-electron chi connectivity index (χ1n) is 7.53. The van der Waals surface area contributed by atoms with Crippen LogP contribution in [-0.2, 0) is 0 Å². The zero-order valence-corrected chi connectivity index (χ0v) is 14.0. The molecule has 142 valence electrons. The number of hydrogen-bond acceptors (Lipinski definition) is 8. The maximum absolute atomic E-state index is 11.8. The highest BCUT2D eigenvalue weighted by molar-refractivity contribution is 6.16. The summed E-state index contributed by atoms with van der Waals surface area (Å²) in [6.07, 6.45) is 2.12. The lowest BCUT2D eigenvalue weighted by Crippen LogP contribution is -2.19. The van der Waals surface area contributed by atoms with E-state index in [2.05, 4.69) is 21.1 Å². The van der Waals surface area contributed by atoms with Gasteiger partial charge in [0.2, 0.25) is 0 Å². The molecule has 0 saturated heterocycles. The molecule has 28 heavy (non-hydrogen) atoms. The number of hydrazone groups is 2. The molecule has 2 aromatic rings. The highest BCUT2D eigenvalue weighted by Crippen LogP contribution is 2.13. The van der Waals surface area contributed by atoms with Gasteiger partial charge in [-0.05, 0) is 12.1 Å². The van der Waals surface area contributed by atoms with Crippen LogP contribution in [0.15, 0.2) is 58.7 Å². The van der Waals surface area contributed by atoms with E-state index in [1.165, 1.54) is 36.4 Å². The summed E-state index contributed by atoms with van der Waals surface area (Å²) < 4.78 is 0. The molecular weight excluding hydrogens is 372 g/mol. The first-order chi connectivity index (χ1) is 13.4. The van der Waals surface area contributed by atoms with Crippen molar-refractivity contribution in [1.82, 2.24) is 10.9 Å². The number of carbonyl (C=O) groups is 2. The maximum Gasteiger partial charge on any atom is 0.271 e. The van der Waals surface area contributed by atoms with Crippen molar-refractivity contribution in [1.29, 1.82) is 0 Å². The van der Waals surface area contributed by atoms with Gasteiger partial charge in [0, 0.05) is 35.4 Å². The molecule has 12 nitrogen and oxygen atoms in total. The van der Waals surface area contributed by atoms with Crippen LogP contribution in [0.1, 0.15) is 20.7 Å². The zero-order valence-electron chi connectivity index (χ0n) is 14.0. The molecule has 2 rings (SSSR count). The maximum atomic E-state index is 11.8. The Kier molecular flexibility index (Phi) is 6.58.